The molecule has 2 nitrogen and oxygen atoms in total. The van der Waals surface area contributed by atoms with Crippen LogP contribution in [0.5, 0.6) is 5.75 Å². The maximum atomic E-state index is 6.25. The zero-order valence-electron chi connectivity index (χ0n) is 13.6. The SMILES string of the molecule is CC(C)[C@@H]1CC2CCC([C@@H]1COc1cccc(Cl)c1Cl)N2C. The second-order valence-electron chi connectivity index (χ2n) is 7.13. The van der Waals surface area contributed by atoms with Gasteiger partial charge in [-0.05, 0) is 50.3 Å². The fourth-order valence-electron chi connectivity index (χ4n) is 4.40. The topological polar surface area (TPSA) is 12.5 Å². The van der Waals surface area contributed by atoms with Crippen molar-refractivity contribution in [2.24, 2.45) is 17.8 Å². The van der Waals surface area contributed by atoms with Crippen LogP contribution < -0.4 is 4.74 Å². The third kappa shape index (κ3) is 2.98. The van der Waals surface area contributed by atoms with Gasteiger partial charge in [0.15, 0.2) is 0 Å². The van der Waals surface area contributed by atoms with Gasteiger partial charge < -0.3 is 9.64 Å². The summed E-state index contributed by atoms with van der Waals surface area (Å²) in [6, 6.07) is 7.00. The molecule has 3 rings (SSSR count). The van der Waals surface area contributed by atoms with Crippen LogP contribution in [-0.2, 0) is 0 Å². The van der Waals surface area contributed by atoms with E-state index in [2.05, 4.69) is 25.8 Å². The highest BCUT2D eigenvalue weighted by atomic mass is 35.5. The van der Waals surface area contributed by atoms with Crippen molar-refractivity contribution >= 4 is 23.2 Å². The summed E-state index contributed by atoms with van der Waals surface area (Å²) < 4.78 is 6.09. The van der Waals surface area contributed by atoms with Crippen molar-refractivity contribution in [3.8, 4) is 5.75 Å². The normalized spacial score (nSPS) is 31.7. The summed E-state index contributed by atoms with van der Waals surface area (Å²) in [7, 11) is 2.28. The third-order valence-corrected chi connectivity index (χ3v) is 6.49. The number of nitrogens with zero attached hydrogens (tertiary/aromatic N) is 1. The fourth-order valence-corrected chi connectivity index (χ4v) is 4.74. The molecule has 0 N–H and O–H groups in total. The van der Waals surface area contributed by atoms with Crippen molar-refractivity contribution in [2.45, 2.75) is 45.2 Å². The molecule has 2 aliphatic rings. The first-order chi connectivity index (χ1) is 10.5. The number of ether oxygens (including phenoxy) is 1. The van der Waals surface area contributed by atoms with Crippen molar-refractivity contribution in [1.29, 1.82) is 0 Å². The molecule has 1 aromatic rings. The van der Waals surface area contributed by atoms with Crippen LogP contribution in [0.3, 0.4) is 0 Å². The number of benzene rings is 1. The third-order valence-electron chi connectivity index (χ3n) is 5.69. The minimum Gasteiger partial charge on any atom is -0.492 e. The first-order valence-corrected chi connectivity index (χ1v) is 9.03. The average Bonchev–Trinajstić information content (AvgIpc) is 2.72. The number of fused-ring (bicyclic) bond motifs is 2. The van der Waals surface area contributed by atoms with Crippen molar-refractivity contribution < 1.29 is 4.74 Å². The first-order valence-electron chi connectivity index (χ1n) is 8.27. The molecule has 2 bridgehead atoms. The van der Waals surface area contributed by atoms with E-state index in [4.69, 9.17) is 27.9 Å². The van der Waals surface area contributed by atoms with Gasteiger partial charge in [-0.1, -0.05) is 43.1 Å². The molecule has 0 saturated carbocycles. The van der Waals surface area contributed by atoms with E-state index in [9.17, 15) is 0 Å². The average molecular weight is 342 g/mol. The largest absolute Gasteiger partial charge is 0.492 e. The van der Waals surface area contributed by atoms with E-state index in [0.29, 0.717) is 33.7 Å². The number of hydrogen-bond acceptors (Lipinski definition) is 2. The Labute approximate surface area is 143 Å². The quantitative estimate of drug-likeness (QED) is 0.752. The Kier molecular flexibility index (Phi) is 4.92. The molecular weight excluding hydrogens is 317 g/mol. The number of halogens is 2. The van der Waals surface area contributed by atoms with Crippen LogP contribution in [0, 0.1) is 17.8 Å². The van der Waals surface area contributed by atoms with Crippen molar-refractivity contribution in [3.63, 3.8) is 0 Å². The van der Waals surface area contributed by atoms with E-state index < -0.39 is 0 Å². The standard InChI is InChI=1S/C18H25Cl2NO/c1-11(2)13-9-12-7-8-16(21(12)3)14(13)10-22-17-6-4-5-15(19)18(17)20/h4-6,11-14,16H,7-10H2,1-3H3/t12?,13-,14+,16?/m0/s1. The lowest BCUT2D eigenvalue weighted by Crippen LogP contribution is -2.50. The zero-order chi connectivity index (χ0) is 15.9. The molecule has 2 heterocycles. The molecular formula is C18H25Cl2NO. The van der Waals surface area contributed by atoms with Crippen LogP contribution in [0.25, 0.3) is 0 Å². The van der Waals surface area contributed by atoms with E-state index in [1.54, 1.807) is 6.07 Å². The molecule has 0 aromatic heterocycles. The van der Waals surface area contributed by atoms with E-state index >= 15 is 0 Å². The van der Waals surface area contributed by atoms with Gasteiger partial charge in [0, 0.05) is 18.0 Å². The van der Waals surface area contributed by atoms with E-state index in [1.807, 2.05) is 12.1 Å². The monoisotopic (exact) mass is 341 g/mol. The van der Waals surface area contributed by atoms with E-state index in [0.717, 1.165) is 18.6 Å². The highest BCUT2D eigenvalue weighted by Gasteiger charge is 2.46. The summed E-state index contributed by atoms with van der Waals surface area (Å²) in [5, 5.41) is 1.08. The van der Waals surface area contributed by atoms with Crippen LogP contribution in [0.4, 0.5) is 0 Å². The molecule has 0 radical (unpaired) electrons. The van der Waals surface area contributed by atoms with Gasteiger partial charge in [0.25, 0.3) is 0 Å². The zero-order valence-corrected chi connectivity index (χ0v) is 15.1. The Morgan fingerprint density at radius 2 is 2.05 bits per heavy atom. The molecule has 4 atom stereocenters. The van der Waals surface area contributed by atoms with E-state index in [-0.39, 0.29) is 0 Å². The number of piperidine rings is 1. The first kappa shape index (κ1) is 16.4. The van der Waals surface area contributed by atoms with Gasteiger partial charge in [-0.2, -0.15) is 0 Å². The van der Waals surface area contributed by atoms with Crippen LogP contribution in [0.15, 0.2) is 18.2 Å². The van der Waals surface area contributed by atoms with Crippen molar-refractivity contribution in [1.82, 2.24) is 4.90 Å². The smallest absolute Gasteiger partial charge is 0.139 e. The summed E-state index contributed by atoms with van der Waals surface area (Å²) >= 11 is 12.3. The van der Waals surface area contributed by atoms with Gasteiger partial charge in [0.05, 0.1) is 11.6 Å². The summed E-state index contributed by atoms with van der Waals surface area (Å²) in [4.78, 5) is 2.58. The Balaban J connectivity index is 1.75. The lowest BCUT2D eigenvalue weighted by Gasteiger charge is -2.44. The highest BCUT2D eigenvalue weighted by molar-refractivity contribution is 6.42. The minimum atomic E-state index is 0.527. The second-order valence-corrected chi connectivity index (χ2v) is 7.92. The number of rotatable bonds is 4. The Morgan fingerprint density at radius 3 is 2.77 bits per heavy atom. The van der Waals surface area contributed by atoms with Crippen molar-refractivity contribution in [2.75, 3.05) is 13.7 Å². The summed E-state index contributed by atoms with van der Waals surface area (Å²) in [5.74, 6) is 2.70. The Morgan fingerprint density at radius 1 is 1.27 bits per heavy atom. The predicted octanol–water partition coefficient (Wildman–Crippen LogP) is 5.13. The second kappa shape index (κ2) is 6.59. The molecule has 2 fully saturated rings. The van der Waals surface area contributed by atoms with Gasteiger partial charge in [-0.15, -0.1) is 0 Å². The molecule has 2 saturated heterocycles. The highest BCUT2D eigenvalue weighted by Crippen LogP contribution is 2.44. The molecule has 0 spiro atoms. The molecule has 0 aliphatic carbocycles. The van der Waals surface area contributed by atoms with Crippen LogP contribution in [0.1, 0.15) is 33.1 Å². The Bertz CT molecular complexity index is 534. The van der Waals surface area contributed by atoms with Gasteiger partial charge in [0.1, 0.15) is 10.8 Å². The molecule has 2 aliphatic heterocycles. The predicted molar refractivity (Wildman–Crippen MR) is 93.0 cm³/mol. The summed E-state index contributed by atoms with van der Waals surface area (Å²) in [6.45, 7) is 5.41. The maximum Gasteiger partial charge on any atom is 0.139 e. The van der Waals surface area contributed by atoms with E-state index in [1.165, 1.54) is 19.3 Å². The Hall–Kier alpha value is -0.440. The lowest BCUT2D eigenvalue weighted by atomic mass is 9.74. The molecule has 22 heavy (non-hydrogen) atoms. The number of hydrogen-bond donors (Lipinski definition) is 0. The summed E-state index contributed by atoms with van der Waals surface area (Å²) in [6.07, 6.45) is 3.92. The lowest BCUT2D eigenvalue weighted by molar-refractivity contribution is 0.0182. The van der Waals surface area contributed by atoms with Crippen LogP contribution in [-0.4, -0.2) is 30.6 Å². The fraction of sp³-hybridized carbons (Fsp3) is 0.667. The molecule has 4 heteroatoms. The van der Waals surface area contributed by atoms with Gasteiger partial charge in [-0.3, -0.25) is 0 Å². The molecule has 1 aromatic carbocycles. The molecule has 122 valence electrons. The molecule has 2 unspecified atom stereocenters. The van der Waals surface area contributed by atoms with Gasteiger partial charge in [-0.25, -0.2) is 0 Å². The van der Waals surface area contributed by atoms with Gasteiger partial charge in [0.2, 0.25) is 0 Å². The maximum absolute atomic E-state index is 6.25. The van der Waals surface area contributed by atoms with Crippen molar-refractivity contribution in [3.05, 3.63) is 28.2 Å². The van der Waals surface area contributed by atoms with Crippen LogP contribution >= 0.6 is 23.2 Å². The summed E-state index contributed by atoms with van der Waals surface area (Å²) in [5.41, 5.74) is 0. The van der Waals surface area contributed by atoms with Crippen LogP contribution in [0.2, 0.25) is 10.0 Å². The van der Waals surface area contributed by atoms with Gasteiger partial charge >= 0.3 is 0 Å². The minimum absolute atomic E-state index is 0.527. The molecule has 0 amide bonds.